The van der Waals surface area contributed by atoms with Gasteiger partial charge in [-0.25, -0.2) is 4.79 Å². The predicted octanol–water partition coefficient (Wildman–Crippen LogP) is 1.46. The highest BCUT2D eigenvalue weighted by molar-refractivity contribution is 6.15. The van der Waals surface area contributed by atoms with Crippen LogP contribution in [0.25, 0.3) is 11.8 Å². The molecular weight excluding hydrogens is 352 g/mol. The van der Waals surface area contributed by atoms with E-state index in [4.69, 9.17) is 9.26 Å². The monoisotopic (exact) mass is 368 g/mol. The van der Waals surface area contributed by atoms with Crippen LogP contribution in [0.2, 0.25) is 0 Å². The maximum absolute atomic E-state index is 12.5. The van der Waals surface area contributed by atoms with E-state index >= 15 is 0 Å². The summed E-state index contributed by atoms with van der Waals surface area (Å²) in [5.74, 6) is -0.115. The lowest BCUT2D eigenvalue weighted by Gasteiger charge is -2.08. The van der Waals surface area contributed by atoms with Gasteiger partial charge in [-0.05, 0) is 35.9 Å². The van der Waals surface area contributed by atoms with Crippen LogP contribution in [0.1, 0.15) is 17.1 Å². The van der Waals surface area contributed by atoms with Gasteiger partial charge in [0.05, 0.1) is 0 Å². The minimum Gasteiger partial charge on any atom is -0.451 e. The summed E-state index contributed by atoms with van der Waals surface area (Å²) in [6, 6.07) is 10.7. The molecule has 2 heterocycles. The summed E-state index contributed by atoms with van der Waals surface area (Å²) >= 11 is 0. The van der Waals surface area contributed by atoms with Crippen molar-refractivity contribution in [1.82, 2.24) is 25.4 Å². The molecular formula is C17H16N6O4. The SMILES string of the molecule is Cc1cc(NC(=O)COC(=O)/C(=C/c2ccccc2)n2nnnc2C)no1. The molecule has 0 unspecified atom stereocenters. The summed E-state index contributed by atoms with van der Waals surface area (Å²) in [7, 11) is 0. The van der Waals surface area contributed by atoms with E-state index in [1.807, 2.05) is 30.3 Å². The van der Waals surface area contributed by atoms with Crippen molar-refractivity contribution in [2.75, 3.05) is 11.9 Å². The predicted molar refractivity (Wildman–Crippen MR) is 94.0 cm³/mol. The molecule has 0 spiro atoms. The minimum absolute atomic E-state index is 0.0776. The number of carbonyl (C=O) groups excluding carboxylic acids is 2. The van der Waals surface area contributed by atoms with E-state index in [-0.39, 0.29) is 11.5 Å². The van der Waals surface area contributed by atoms with Gasteiger partial charge in [0.2, 0.25) is 0 Å². The van der Waals surface area contributed by atoms with E-state index in [0.29, 0.717) is 11.6 Å². The molecule has 0 saturated heterocycles. The van der Waals surface area contributed by atoms with Crippen molar-refractivity contribution >= 4 is 29.5 Å². The van der Waals surface area contributed by atoms with Crippen molar-refractivity contribution in [2.24, 2.45) is 0 Å². The number of carbonyl (C=O) groups is 2. The average molecular weight is 368 g/mol. The van der Waals surface area contributed by atoms with Crippen LogP contribution < -0.4 is 5.32 Å². The number of rotatable bonds is 6. The van der Waals surface area contributed by atoms with Crippen LogP contribution in [0.15, 0.2) is 40.9 Å². The molecule has 138 valence electrons. The first kappa shape index (κ1) is 18.0. The van der Waals surface area contributed by atoms with Gasteiger partial charge in [0.15, 0.2) is 23.9 Å². The molecule has 10 nitrogen and oxygen atoms in total. The number of aromatic nitrogens is 5. The highest BCUT2D eigenvalue weighted by Crippen LogP contribution is 2.14. The lowest BCUT2D eigenvalue weighted by atomic mass is 10.2. The lowest BCUT2D eigenvalue weighted by Crippen LogP contribution is -2.23. The Bertz CT molecular complexity index is 976. The molecule has 0 aliphatic rings. The number of esters is 1. The van der Waals surface area contributed by atoms with Crippen LogP contribution >= 0.6 is 0 Å². The molecule has 3 rings (SSSR count). The maximum atomic E-state index is 12.5. The average Bonchev–Trinajstić information content (AvgIpc) is 3.26. The maximum Gasteiger partial charge on any atom is 0.357 e. The molecule has 0 radical (unpaired) electrons. The molecule has 0 atom stereocenters. The topological polar surface area (TPSA) is 125 Å². The Morgan fingerprint density at radius 1 is 1.26 bits per heavy atom. The van der Waals surface area contributed by atoms with Crippen LogP contribution in [0.3, 0.4) is 0 Å². The second-order valence-electron chi connectivity index (χ2n) is 5.53. The van der Waals surface area contributed by atoms with Gasteiger partial charge in [-0.3, -0.25) is 4.79 Å². The van der Waals surface area contributed by atoms with Crippen LogP contribution in [0, 0.1) is 13.8 Å². The molecule has 0 bridgehead atoms. The van der Waals surface area contributed by atoms with Crippen molar-refractivity contribution in [2.45, 2.75) is 13.8 Å². The molecule has 27 heavy (non-hydrogen) atoms. The fourth-order valence-electron chi connectivity index (χ4n) is 2.18. The first-order valence-corrected chi connectivity index (χ1v) is 7.95. The summed E-state index contributed by atoms with van der Waals surface area (Å²) < 4.78 is 11.2. The lowest BCUT2D eigenvalue weighted by molar-refractivity contribution is -0.141. The summed E-state index contributed by atoms with van der Waals surface area (Å²) in [6.45, 7) is 2.83. The molecule has 1 aromatic carbocycles. The third-order valence-electron chi connectivity index (χ3n) is 3.40. The molecule has 1 N–H and O–H groups in total. The first-order chi connectivity index (χ1) is 13.0. The number of aryl methyl sites for hydroxylation is 2. The molecule has 2 aromatic heterocycles. The van der Waals surface area contributed by atoms with Crippen LogP contribution in [0.4, 0.5) is 5.82 Å². The van der Waals surface area contributed by atoms with E-state index in [0.717, 1.165) is 5.56 Å². The number of amides is 1. The number of tetrazole rings is 1. The number of hydrogen-bond donors (Lipinski definition) is 1. The van der Waals surface area contributed by atoms with Crippen molar-refractivity contribution < 1.29 is 18.8 Å². The smallest absolute Gasteiger partial charge is 0.357 e. The Kier molecular flexibility index (Phi) is 5.36. The third-order valence-corrected chi connectivity index (χ3v) is 3.40. The van der Waals surface area contributed by atoms with Gasteiger partial charge in [0.1, 0.15) is 5.76 Å². The Labute approximate surface area is 153 Å². The van der Waals surface area contributed by atoms with Crippen molar-refractivity contribution in [3.05, 3.63) is 53.5 Å². The van der Waals surface area contributed by atoms with Gasteiger partial charge >= 0.3 is 5.97 Å². The van der Waals surface area contributed by atoms with Crippen molar-refractivity contribution in [1.29, 1.82) is 0 Å². The number of benzene rings is 1. The van der Waals surface area contributed by atoms with Crippen LogP contribution in [-0.2, 0) is 14.3 Å². The van der Waals surface area contributed by atoms with E-state index in [1.165, 1.54) is 4.68 Å². The molecule has 1 amide bonds. The van der Waals surface area contributed by atoms with Gasteiger partial charge in [-0.15, -0.1) is 5.10 Å². The molecule has 0 aliphatic carbocycles. The summed E-state index contributed by atoms with van der Waals surface area (Å²) in [6.07, 6.45) is 1.57. The van der Waals surface area contributed by atoms with Gasteiger partial charge in [-0.1, -0.05) is 35.5 Å². The second kappa shape index (κ2) is 8.04. The zero-order valence-electron chi connectivity index (χ0n) is 14.6. The van der Waals surface area contributed by atoms with E-state index in [9.17, 15) is 9.59 Å². The number of anilines is 1. The highest BCUT2D eigenvalue weighted by atomic mass is 16.5. The number of ether oxygens (including phenoxy) is 1. The Balaban J connectivity index is 1.72. The summed E-state index contributed by atoms with van der Waals surface area (Å²) in [5.41, 5.74) is 0.829. The van der Waals surface area contributed by atoms with Crippen LogP contribution in [-0.4, -0.2) is 43.8 Å². The number of nitrogens with zero attached hydrogens (tertiary/aromatic N) is 5. The quantitative estimate of drug-likeness (QED) is 0.512. The zero-order valence-corrected chi connectivity index (χ0v) is 14.6. The van der Waals surface area contributed by atoms with E-state index < -0.39 is 18.5 Å². The molecule has 3 aromatic rings. The van der Waals surface area contributed by atoms with Crippen molar-refractivity contribution in [3.63, 3.8) is 0 Å². The second-order valence-corrected chi connectivity index (χ2v) is 5.53. The van der Waals surface area contributed by atoms with Crippen LogP contribution in [0.5, 0.6) is 0 Å². The highest BCUT2D eigenvalue weighted by Gasteiger charge is 2.19. The largest absolute Gasteiger partial charge is 0.451 e. The molecule has 0 saturated carbocycles. The third kappa shape index (κ3) is 4.63. The van der Waals surface area contributed by atoms with Gasteiger partial charge in [-0.2, -0.15) is 4.68 Å². The molecule has 0 fully saturated rings. The van der Waals surface area contributed by atoms with Gasteiger partial charge in [0, 0.05) is 6.07 Å². The first-order valence-electron chi connectivity index (χ1n) is 7.95. The van der Waals surface area contributed by atoms with Gasteiger partial charge in [0.25, 0.3) is 5.91 Å². The molecule has 10 heteroatoms. The minimum atomic E-state index is -0.749. The Morgan fingerprint density at radius 2 is 2.04 bits per heavy atom. The normalized spacial score (nSPS) is 11.3. The van der Waals surface area contributed by atoms with Crippen molar-refractivity contribution in [3.8, 4) is 0 Å². The number of nitrogens with one attached hydrogen (secondary N) is 1. The van der Waals surface area contributed by atoms with E-state index in [2.05, 4.69) is 26.0 Å². The summed E-state index contributed by atoms with van der Waals surface area (Å²) in [4.78, 5) is 24.5. The zero-order chi connectivity index (χ0) is 19.2. The Morgan fingerprint density at radius 3 is 2.67 bits per heavy atom. The summed E-state index contributed by atoms with van der Waals surface area (Å²) in [5, 5.41) is 17.2. The molecule has 0 aliphatic heterocycles. The number of hydrogen-bond acceptors (Lipinski definition) is 8. The fraction of sp³-hybridized carbons (Fsp3) is 0.176. The Hall–Kier alpha value is -3.82. The van der Waals surface area contributed by atoms with E-state index in [1.54, 1.807) is 26.0 Å². The van der Waals surface area contributed by atoms with Gasteiger partial charge < -0.3 is 14.6 Å². The standard InChI is InChI=1S/C17H16N6O4/c1-11-8-15(20-27-11)18-16(24)10-26-17(25)14(23-12(2)19-21-22-23)9-13-6-4-3-5-7-13/h3-9H,10H2,1-2H3,(H,18,20,24)/b14-9-. The fourth-order valence-corrected chi connectivity index (χ4v) is 2.18.